The van der Waals surface area contributed by atoms with Crippen LogP contribution in [0, 0.1) is 0 Å². The van der Waals surface area contributed by atoms with Gasteiger partial charge in [-0.25, -0.2) is 0 Å². The first kappa shape index (κ1) is 13.0. The summed E-state index contributed by atoms with van der Waals surface area (Å²) in [7, 11) is -0.0118. The predicted octanol–water partition coefficient (Wildman–Crippen LogP) is 1.71. The van der Waals surface area contributed by atoms with Gasteiger partial charge in [0, 0.05) is 6.04 Å². The molecule has 0 radical (unpaired) electrons. The number of rotatable bonds is 4. The molecule has 1 saturated heterocycles. The van der Waals surface area contributed by atoms with Crippen molar-refractivity contribution in [2.24, 2.45) is 0 Å². The fourth-order valence-electron chi connectivity index (χ4n) is 2.35. The fourth-order valence-corrected chi connectivity index (χ4v) is 3.10. The first-order valence-corrected chi connectivity index (χ1v) is 8.58. The molecule has 0 aliphatic carbocycles. The van der Waals surface area contributed by atoms with Crippen molar-refractivity contribution in [1.82, 2.24) is 5.32 Å². The van der Waals surface area contributed by atoms with Gasteiger partial charge in [0.25, 0.3) is 0 Å². The Bertz CT molecular complexity index is 344. The van der Waals surface area contributed by atoms with E-state index in [1.807, 2.05) is 0 Å². The Hall–Kier alpha value is -0.430. The summed E-state index contributed by atoms with van der Waals surface area (Å²) < 4.78 is 0. The largest absolute Gasteiger partial charge is 0.391 e. The topological polar surface area (TPSA) is 32.3 Å². The molecule has 2 atom stereocenters. The summed E-state index contributed by atoms with van der Waals surface area (Å²) in [6.07, 6.45) is 2.82. The molecule has 17 heavy (non-hydrogen) atoms. The lowest BCUT2D eigenvalue weighted by molar-refractivity contribution is 0.136. The first-order valence-electron chi connectivity index (χ1n) is 6.34. The van der Waals surface area contributed by atoms with Crippen LogP contribution in [0.5, 0.6) is 0 Å². The van der Waals surface area contributed by atoms with Gasteiger partial charge >= 0.3 is 0 Å². The van der Waals surface area contributed by atoms with Crippen LogP contribution in [0.2, 0.25) is 0 Å². The Labute approximate surface area is 105 Å². The lowest BCUT2D eigenvalue weighted by atomic mass is 10.0. The zero-order valence-corrected chi connectivity index (χ0v) is 11.6. The summed E-state index contributed by atoms with van der Waals surface area (Å²) in [5, 5.41) is 14.9. The average Bonchev–Trinajstić information content (AvgIpc) is 2.83. The third-order valence-electron chi connectivity index (χ3n) is 3.46. The number of hydrogen-bond acceptors (Lipinski definition) is 2. The third kappa shape index (κ3) is 3.51. The van der Waals surface area contributed by atoms with Crippen molar-refractivity contribution in [3.8, 4) is 0 Å². The molecule has 1 aromatic carbocycles. The van der Waals surface area contributed by atoms with Gasteiger partial charge in [-0.15, -0.1) is 0 Å². The summed E-state index contributed by atoms with van der Waals surface area (Å²) >= 11 is 0. The van der Waals surface area contributed by atoms with Crippen molar-refractivity contribution >= 4 is 13.2 Å². The smallest absolute Gasteiger partial charge is 0.0733 e. The first-order chi connectivity index (χ1) is 8.16. The minimum Gasteiger partial charge on any atom is -0.391 e. The van der Waals surface area contributed by atoms with Crippen LogP contribution in [0.25, 0.3) is 0 Å². The molecule has 2 rings (SSSR count). The van der Waals surface area contributed by atoms with E-state index >= 15 is 0 Å². The van der Waals surface area contributed by atoms with Crippen molar-refractivity contribution in [3.63, 3.8) is 0 Å². The monoisotopic (exact) mass is 251 g/mol. The molecule has 0 aromatic heterocycles. The molecule has 0 bridgehead atoms. The van der Waals surface area contributed by atoms with Crippen molar-refractivity contribution < 1.29 is 5.11 Å². The normalized spacial score (nSPS) is 22.0. The van der Waals surface area contributed by atoms with E-state index in [0.29, 0.717) is 6.04 Å². The van der Waals surface area contributed by atoms with Crippen LogP contribution in [0.4, 0.5) is 0 Å². The number of nitrogens with one attached hydrogen (secondary N) is 1. The van der Waals surface area contributed by atoms with E-state index in [4.69, 9.17) is 0 Å². The Kier molecular flexibility index (Phi) is 4.55. The summed E-state index contributed by atoms with van der Waals surface area (Å²) in [5.41, 5.74) is 1.24. The molecular formula is C14H22NOP. The number of aliphatic hydroxyl groups is 1. The molecular weight excluding hydrogens is 229 g/mol. The van der Waals surface area contributed by atoms with E-state index in [0.717, 1.165) is 19.4 Å². The standard InChI is InChI=1S/C14H22NOP/c1-17(2)12-7-5-11(6-8-12)10-14(16)13-4-3-9-15-13/h5-8,13-16H,3-4,9-10H2,1-2H3. The van der Waals surface area contributed by atoms with Gasteiger partial charge in [0.05, 0.1) is 6.10 Å². The van der Waals surface area contributed by atoms with Gasteiger partial charge in [0.1, 0.15) is 0 Å². The molecule has 2 N–H and O–H groups in total. The van der Waals surface area contributed by atoms with Crippen molar-refractivity contribution in [2.45, 2.75) is 31.4 Å². The highest BCUT2D eigenvalue weighted by Gasteiger charge is 2.22. The highest BCUT2D eigenvalue weighted by Crippen LogP contribution is 2.23. The minimum atomic E-state index is -0.242. The zero-order chi connectivity index (χ0) is 12.3. The number of aliphatic hydroxyl groups excluding tert-OH is 1. The second kappa shape index (κ2) is 5.95. The van der Waals surface area contributed by atoms with Crippen molar-refractivity contribution in [1.29, 1.82) is 0 Å². The molecule has 1 aromatic rings. The minimum absolute atomic E-state index is 0.0118. The molecule has 2 nitrogen and oxygen atoms in total. The van der Waals surface area contributed by atoms with Gasteiger partial charge in [0.2, 0.25) is 0 Å². The molecule has 0 saturated carbocycles. The quantitative estimate of drug-likeness (QED) is 0.798. The van der Waals surface area contributed by atoms with Gasteiger partial charge in [-0.1, -0.05) is 32.2 Å². The van der Waals surface area contributed by atoms with Crippen LogP contribution < -0.4 is 10.6 Å². The van der Waals surface area contributed by atoms with Crippen molar-refractivity contribution in [3.05, 3.63) is 29.8 Å². The number of hydrogen-bond donors (Lipinski definition) is 2. The highest BCUT2D eigenvalue weighted by molar-refractivity contribution is 7.64. The van der Waals surface area contributed by atoms with Gasteiger partial charge in [-0.05, 0) is 50.0 Å². The molecule has 1 aliphatic heterocycles. The molecule has 1 aliphatic rings. The van der Waals surface area contributed by atoms with Gasteiger partial charge in [0.15, 0.2) is 0 Å². The summed E-state index contributed by atoms with van der Waals surface area (Å²) in [6.45, 7) is 5.58. The van der Waals surface area contributed by atoms with Crippen LogP contribution in [0.3, 0.4) is 0 Å². The molecule has 1 fully saturated rings. The van der Waals surface area contributed by atoms with Crippen molar-refractivity contribution in [2.75, 3.05) is 19.9 Å². The SMILES string of the molecule is CP(C)c1ccc(CC(O)C2CCCN2)cc1. The maximum absolute atomic E-state index is 10.1. The van der Waals surface area contributed by atoms with E-state index in [1.165, 1.54) is 17.3 Å². The zero-order valence-electron chi connectivity index (χ0n) is 10.7. The average molecular weight is 251 g/mol. The Morgan fingerprint density at radius 1 is 1.35 bits per heavy atom. The van der Waals surface area contributed by atoms with E-state index in [2.05, 4.69) is 42.9 Å². The van der Waals surface area contributed by atoms with Crippen LogP contribution in [-0.4, -0.2) is 37.1 Å². The van der Waals surface area contributed by atoms with Gasteiger partial charge in [-0.3, -0.25) is 0 Å². The molecule has 1 heterocycles. The second-order valence-corrected chi connectivity index (χ2v) is 7.34. The van der Waals surface area contributed by atoms with E-state index in [9.17, 15) is 5.11 Å². The molecule has 2 unspecified atom stereocenters. The lowest BCUT2D eigenvalue weighted by Crippen LogP contribution is -2.36. The Morgan fingerprint density at radius 2 is 2.06 bits per heavy atom. The summed E-state index contributed by atoms with van der Waals surface area (Å²) in [5.74, 6) is 0. The molecule has 3 heteroatoms. The van der Waals surface area contributed by atoms with Crippen LogP contribution in [0.1, 0.15) is 18.4 Å². The maximum Gasteiger partial charge on any atom is 0.0733 e. The van der Waals surface area contributed by atoms with Gasteiger partial charge in [-0.2, -0.15) is 0 Å². The second-order valence-electron chi connectivity index (χ2n) is 5.04. The third-order valence-corrected chi connectivity index (χ3v) is 4.79. The Morgan fingerprint density at radius 3 is 2.59 bits per heavy atom. The molecule has 0 spiro atoms. The van der Waals surface area contributed by atoms with E-state index < -0.39 is 0 Å². The van der Waals surface area contributed by atoms with Crippen LogP contribution >= 0.6 is 7.92 Å². The molecule has 0 amide bonds. The number of benzene rings is 1. The predicted molar refractivity (Wildman–Crippen MR) is 75.6 cm³/mol. The fraction of sp³-hybridized carbons (Fsp3) is 0.571. The van der Waals surface area contributed by atoms with Crippen LogP contribution in [0.15, 0.2) is 24.3 Å². The van der Waals surface area contributed by atoms with E-state index in [1.54, 1.807) is 0 Å². The van der Waals surface area contributed by atoms with Crippen LogP contribution in [-0.2, 0) is 6.42 Å². The highest BCUT2D eigenvalue weighted by atomic mass is 31.1. The lowest BCUT2D eigenvalue weighted by Gasteiger charge is -2.18. The molecule has 94 valence electrons. The van der Waals surface area contributed by atoms with Gasteiger partial charge < -0.3 is 10.4 Å². The summed E-state index contributed by atoms with van der Waals surface area (Å²) in [6, 6.07) is 9.03. The maximum atomic E-state index is 10.1. The summed E-state index contributed by atoms with van der Waals surface area (Å²) in [4.78, 5) is 0. The Balaban J connectivity index is 1.93. The van der Waals surface area contributed by atoms with E-state index in [-0.39, 0.29) is 14.0 Å².